The summed E-state index contributed by atoms with van der Waals surface area (Å²) in [5, 5.41) is 1.17. The first-order valence-corrected chi connectivity index (χ1v) is 8.87. The number of benzene rings is 2. The molecule has 3 aromatic rings. The van der Waals surface area contributed by atoms with Crippen LogP contribution in [0, 0.1) is 0 Å². The predicted molar refractivity (Wildman–Crippen MR) is 101 cm³/mol. The predicted octanol–water partition coefficient (Wildman–Crippen LogP) is 3.77. The van der Waals surface area contributed by atoms with E-state index < -0.39 is 0 Å². The Morgan fingerprint density at radius 3 is 2.81 bits per heavy atom. The Morgan fingerprint density at radius 1 is 1.08 bits per heavy atom. The highest BCUT2D eigenvalue weighted by Crippen LogP contribution is 2.33. The zero-order valence-corrected chi connectivity index (χ0v) is 14.6. The molecule has 0 aliphatic carbocycles. The summed E-state index contributed by atoms with van der Waals surface area (Å²) in [5.41, 5.74) is 2.63. The maximum Gasteiger partial charge on any atom is 0.261 e. The number of halogens is 1. The summed E-state index contributed by atoms with van der Waals surface area (Å²) >= 11 is 6.07. The van der Waals surface area contributed by atoms with Gasteiger partial charge in [-0.1, -0.05) is 17.7 Å². The van der Waals surface area contributed by atoms with Crippen molar-refractivity contribution in [3.8, 4) is 11.5 Å². The lowest BCUT2D eigenvalue weighted by molar-refractivity contribution is 0.171. The summed E-state index contributed by atoms with van der Waals surface area (Å²) in [6.07, 6.45) is 2.82. The highest BCUT2D eigenvalue weighted by molar-refractivity contribution is 6.31. The van der Waals surface area contributed by atoms with E-state index in [2.05, 4.69) is 6.08 Å². The van der Waals surface area contributed by atoms with E-state index in [1.165, 1.54) is 0 Å². The van der Waals surface area contributed by atoms with Gasteiger partial charge in [0.15, 0.2) is 11.5 Å². The fraction of sp³-hybridized carbons (Fsp3) is 0.200. The van der Waals surface area contributed by atoms with Crippen LogP contribution in [0.1, 0.15) is 17.8 Å². The fourth-order valence-corrected chi connectivity index (χ4v) is 3.64. The molecule has 0 saturated heterocycles. The van der Waals surface area contributed by atoms with Crippen molar-refractivity contribution >= 4 is 34.2 Å². The third-order valence-corrected chi connectivity index (χ3v) is 4.95. The van der Waals surface area contributed by atoms with Crippen LogP contribution in [0.15, 0.2) is 41.2 Å². The lowest BCUT2D eigenvalue weighted by Crippen LogP contribution is -2.20. The average Bonchev–Trinajstić information content (AvgIpc) is 3.04. The molecule has 2 aliphatic heterocycles. The van der Waals surface area contributed by atoms with Gasteiger partial charge in [0.1, 0.15) is 19.0 Å². The molecule has 3 heterocycles. The quantitative estimate of drug-likeness (QED) is 0.658. The monoisotopic (exact) mass is 366 g/mol. The molecule has 1 aromatic heterocycles. The van der Waals surface area contributed by atoms with Gasteiger partial charge < -0.3 is 9.47 Å². The second-order valence-corrected chi connectivity index (χ2v) is 6.81. The number of ether oxygens (including phenoxy) is 2. The SMILES string of the molecule is O=c1c2ccc(Cl)cc2nc2n1CC/C2=C\c1ccc2c(c1)OCCO2. The van der Waals surface area contributed by atoms with Crippen molar-refractivity contribution in [2.45, 2.75) is 13.0 Å². The Hall–Kier alpha value is -2.79. The zero-order chi connectivity index (χ0) is 17.7. The summed E-state index contributed by atoms with van der Waals surface area (Å²) in [4.78, 5) is 17.4. The van der Waals surface area contributed by atoms with Crippen LogP contribution >= 0.6 is 11.6 Å². The number of rotatable bonds is 1. The Labute approximate surface area is 154 Å². The molecule has 0 radical (unpaired) electrons. The molecule has 0 spiro atoms. The normalized spacial score (nSPS) is 16.9. The number of hydrogen-bond donors (Lipinski definition) is 0. The van der Waals surface area contributed by atoms with Crippen LogP contribution in [-0.2, 0) is 6.54 Å². The average molecular weight is 367 g/mol. The van der Waals surface area contributed by atoms with E-state index in [-0.39, 0.29) is 5.56 Å². The topological polar surface area (TPSA) is 53.4 Å². The van der Waals surface area contributed by atoms with Gasteiger partial charge in [-0.15, -0.1) is 0 Å². The molecular weight excluding hydrogens is 352 g/mol. The van der Waals surface area contributed by atoms with Gasteiger partial charge in [0.2, 0.25) is 0 Å². The summed E-state index contributed by atoms with van der Waals surface area (Å²) < 4.78 is 12.9. The standard InChI is InChI=1S/C20H15ClN2O3/c21-14-2-3-15-16(11-14)22-19-13(5-6-23(19)20(15)24)9-12-1-4-17-18(10-12)26-8-7-25-17/h1-4,9-11H,5-8H2/b13-9+. The molecule has 0 fully saturated rings. The molecule has 5 nitrogen and oxygen atoms in total. The lowest BCUT2D eigenvalue weighted by Gasteiger charge is -2.18. The van der Waals surface area contributed by atoms with Crippen LogP contribution in [0.3, 0.4) is 0 Å². The van der Waals surface area contributed by atoms with E-state index in [9.17, 15) is 4.79 Å². The van der Waals surface area contributed by atoms with Crippen molar-refractivity contribution < 1.29 is 9.47 Å². The number of nitrogens with zero attached hydrogens (tertiary/aromatic N) is 2. The Morgan fingerprint density at radius 2 is 1.92 bits per heavy atom. The van der Waals surface area contributed by atoms with Gasteiger partial charge in [0.05, 0.1) is 10.9 Å². The minimum absolute atomic E-state index is 0.0211. The van der Waals surface area contributed by atoms with E-state index in [1.54, 1.807) is 22.8 Å². The molecule has 0 atom stereocenters. The highest BCUT2D eigenvalue weighted by Gasteiger charge is 2.21. The van der Waals surface area contributed by atoms with E-state index in [0.29, 0.717) is 41.5 Å². The Balaban J connectivity index is 1.62. The summed E-state index contributed by atoms with van der Waals surface area (Å²) in [7, 11) is 0. The van der Waals surface area contributed by atoms with E-state index >= 15 is 0 Å². The number of allylic oxidation sites excluding steroid dienone is 1. The largest absolute Gasteiger partial charge is 0.486 e. The van der Waals surface area contributed by atoms with E-state index in [0.717, 1.165) is 29.1 Å². The Bertz CT molecular complexity index is 1130. The number of hydrogen-bond acceptors (Lipinski definition) is 4. The minimum Gasteiger partial charge on any atom is -0.486 e. The number of fused-ring (bicyclic) bond motifs is 3. The third-order valence-electron chi connectivity index (χ3n) is 4.72. The second-order valence-electron chi connectivity index (χ2n) is 6.38. The molecular formula is C20H15ClN2O3. The molecule has 6 heteroatoms. The Kier molecular flexibility index (Phi) is 3.50. The lowest BCUT2D eigenvalue weighted by atomic mass is 10.1. The molecule has 2 aromatic carbocycles. The maximum absolute atomic E-state index is 12.7. The van der Waals surface area contributed by atoms with Crippen LogP contribution < -0.4 is 15.0 Å². The molecule has 0 amide bonds. The van der Waals surface area contributed by atoms with Gasteiger partial charge in [0.25, 0.3) is 5.56 Å². The van der Waals surface area contributed by atoms with Crippen molar-refractivity contribution in [2.75, 3.05) is 13.2 Å². The first-order chi connectivity index (χ1) is 12.7. The van der Waals surface area contributed by atoms with Gasteiger partial charge in [0, 0.05) is 11.6 Å². The van der Waals surface area contributed by atoms with Crippen LogP contribution in [-0.4, -0.2) is 22.8 Å². The van der Waals surface area contributed by atoms with Gasteiger partial charge in [-0.05, 0) is 54.0 Å². The van der Waals surface area contributed by atoms with Gasteiger partial charge in [-0.3, -0.25) is 9.36 Å². The zero-order valence-electron chi connectivity index (χ0n) is 13.9. The molecule has 0 N–H and O–H groups in total. The molecule has 5 rings (SSSR count). The smallest absolute Gasteiger partial charge is 0.261 e. The highest BCUT2D eigenvalue weighted by atomic mass is 35.5. The number of aromatic nitrogens is 2. The van der Waals surface area contributed by atoms with Crippen LogP contribution in [0.2, 0.25) is 5.02 Å². The molecule has 0 bridgehead atoms. The van der Waals surface area contributed by atoms with Gasteiger partial charge in [-0.2, -0.15) is 0 Å². The minimum atomic E-state index is -0.0211. The summed E-state index contributed by atoms with van der Waals surface area (Å²) in [6.45, 7) is 1.76. The van der Waals surface area contributed by atoms with Crippen molar-refractivity contribution in [3.05, 3.63) is 63.2 Å². The van der Waals surface area contributed by atoms with Crippen LogP contribution in [0.25, 0.3) is 22.6 Å². The van der Waals surface area contributed by atoms with Crippen LogP contribution in [0.4, 0.5) is 0 Å². The van der Waals surface area contributed by atoms with E-state index in [1.807, 2.05) is 18.2 Å². The summed E-state index contributed by atoms with van der Waals surface area (Å²) in [6, 6.07) is 11.1. The second kappa shape index (κ2) is 5.88. The van der Waals surface area contributed by atoms with E-state index in [4.69, 9.17) is 26.1 Å². The molecule has 2 aliphatic rings. The third kappa shape index (κ3) is 2.47. The van der Waals surface area contributed by atoms with Gasteiger partial charge in [-0.25, -0.2) is 4.98 Å². The molecule has 0 saturated carbocycles. The maximum atomic E-state index is 12.7. The molecule has 0 unspecified atom stereocenters. The van der Waals surface area contributed by atoms with Crippen LogP contribution in [0.5, 0.6) is 11.5 Å². The summed E-state index contributed by atoms with van der Waals surface area (Å²) in [5.74, 6) is 2.22. The van der Waals surface area contributed by atoms with Crippen molar-refractivity contribution in [1.82, 2.24) is 9.55 Å². The van der Waals surface area contributed by atoms with Gasteiger partial charge >= 0.3 is 0 Å². The molecule has 26 heavy (non-hydrogen) atoms. The van der Waals surface area contributed by atoms with Crippen molar-refractivity contribution in [3.63, 3.8) is 0 Å². The van der Waals surface area contributed by atoms with Crippen molar-refractivity contribution in [1.29, 1.82) is 0 Å². The fourth-order valence-electron chi connectivity index (χ4n) is 3.48. The molecule has 130 valence electrons. The first-order valence-electron chi connectivity index (χ1n) is 8.50. The van der Waals surface area contributed by atoms with Crippen molar-refractivity contribution in [2.24, 2.45) is 0 Å². The first kappa shape index (κ1) is 15.5.